The second-order valence-corrected chi connectivity index (χ2v) is 6.17. The quantitative estimate of drug-likeness (QED) is 0.838. The Bertz CT molecular complexity index is 624. The largest absolute Gasteiger partial charge is 0.352 e. The van der Waals surface area contributed by atoms with Gasteiger partial charge >= 0.3 is 0 Å². The molecule has 1 aliphatic carbocycles. The molecule has 2 aromatic rings. The Labute approximate surface area is 118 Å². The van der Waals surface area contributed by atoms with Gasteiger partial charge in [0.1, 0.15) is 5.82 Å². The molecular weight excluding hydrogens is 252 g/mol. The van der Waals surface area contributed by atoms with Gasteiger partial charge in [0.15, 0.2) is 11.5 Å². The molecule has 0 bridgehead atoms. The van der Waals surface area contributed by atoms with Crippen molar-refractivity contribution in [2.45, 2.75) is 31.2 Å². The van der Waals surface area contributed by atoms with Crippen LogP contribution in [0, 0.1) is 0 Å². The first-order valence-electron chi connectivity index (χ1n) is 7.36. The van der Waals surface area contributed by atoms with Gasteiger partial charge in [0.05, 0.1) is 0 Å². The van der Waals surface area contributed by atoms with E-state index in [0.29, 0.717) is 12.0 Å². The molecule has 1 saturated heterocycles. The van der Waals surface area contributed by atoms with Crippen molar-refractivity contribution in [3.05, 3.63) is 18.0 Å². The van der Waals surface area contributed by atoms with Crippen LogP contribution in [0.3, 0.4) is 0 Å². The van der Waals surface area contributed by atoms with Gasteiger partial charge in [-0.3, -0.25) is 0 Å². The summed E-state index contributed by atoms with van der Waals surface area (Å²) in [7, 11) is 4.26. The number of hydrogen-bond donors (Lipinski definition) is 0. The molecule has 1 aliphatic heterocycles. The monoisotopic (exact) mass is 272 g/mol. The number of hydrogen-bond acceptors (Lipinski definition) is 5. The maximum atomic E-state index is 4.75. The van der Waals surface area contributed by atoms with Crippen LogP contribution in [0.4, 0.5) is 5.82 Å². The highest BCUT2D eigenvalue weighted by atomic mass is 15.4. The summed E-state index contributed by atoms with van der Waals surface area (Å²) in [5, 5.41) is 13.3. The molecule has 0 unspecified atom stereocenters. The van der Waals surface area contributed by atoms with E-state index >= 15 is 0 Å². The fraction of sp³-hybridized carbons (Fsp3) is 0.643. The molecule has 4 rings (SSSR count). The van der Waals surface area contributed by atoms with Gasteiger partial charge in [-0.1, -0.05) is 6.42 Å². The van der Waals surface area contributed by atoms with E-state index in [2.05, 4.69) is 40.2 Å². The summed E-state index contributed by atoms with van der Waals surface area (Å²) < 4.78 is 1.95. The molecule has 0 N–H and O–H groups in total. The summed E-state index contributed by atoms with van der Waals surface area (Å²) in [5.41, 5.74) is 0.861. The van der Waals surface area contributed by atoms with Gasteiger partial charge in [-0.25, -0.2) is 0 Å². The predicted molar refractivity (Wildman–Crippen MR) is 77.1 cm³/mol. The standard InChI is InChI=1S/C14H20N6/c1-18(2)11-8-19(9-11)13-7-6-12-15-16-14(20(12)17-13)10-4-3-5-10/h6-7,10-11H,3-5,8-9H2,1-2H3. The maximum Gasteiger partial charge on any atom is 0.178 e. The van der Waals surface area contributed by atoms with Gasteiger partial charge in [0.2, 0.25) is 0 Å². The highest BCUT2D eigenvalue weighted by molar-refractivity contribution is 5.48. The Balaban J connectivity index is 1.61. The Kier molecular flexibility index (Phi) is 2.66. The van der Waals surface area contributed by atoms with E-state index in [1.165, 1.54) is 19.3 Å². The lowest BCUT2D eigenvalue weighted by molar-refractivity contribution is 0.245. The molecule has 0 radical (unpaired) electrons. The predicted octanol–water partition coefficient (Wildman–Crippen LogP) is 1.14. The van der Waals surface area contributed by atoms with Gasteiger partial charge in [0, 0.05) is 25.0 Å². The highest BCUT2D eigenvalue weighted by Crippen LogP contribution is 2.35. The number of rotatable bonds is 3. The Hall–Kier alpha value is -1.69. The molecule has 0 amide bonds. The van der Waals surface area contributed by atoms with Crippen molar-refractivity contribution >= 4 is 11.5 Å². The number of anilines is 1. The third-order valence-corrected chi connectivity index (χ3v) is 4.66. The van der Waals surface area contributed by atoms with E-state index < -0.39 is 0 Å². The van der Waals surface area contributed by atoms with E-state index in [0.717, 1.165) is 30.4 Å². The van der Waals surface area contributed by atoms with Gasteiger partial charge in [-0.2, -0.15) is 4.52 Å². The molecule has 106 valence electrons. The molecule has 2 aliphatic rings. The van der Waals surface area contributed by atoms with E-state index in [1.54, 1.807) is 0 Å². The van der Waals surface area contributed by atoms with Crippen LogP contribution in [0.1, 0.15) is 31.0 Å². The third-order valence-electron chi connectivity index (χ3n) is 4.66. The summed E-state index contributed by atoms with van der Waals surface area (Å²) in [4.78, 5) is 4.59. The lowest BCUT2D eigenvalue weighted by Crippen LogP contribution is -2.57. The molecule has 0 aromatic carbocycles. The minimum absolute atomic E-state index is 0.554. The average Bonchev–Trinajstić information content (AvgIpc) is 2.68. The topological polar surface area (TPSA) is 49.6 Å². The van der Waals surface area contributed by atoms with Crippen molar-refractivity contribution in [3.63, 3.8) is 0 Å². The summed E-state index contributed by atoms with van der Waals surface area (Å²) in [6.45, 7) is 2.10. The number of fused-ring (bicyclic) bond motifs is 1. The van der Waals surface area contributed by atoms with Crippen molar-refractivity contribution in [1.82, 2.24) is 24.7 Å². The minimum Gasteiger partial charge on any atom is -0.352 e. The van der Waals surface area contributed by atoms with E-state index in [-0.39, 0.29) is 0 Å². The maximum absolute atomic E-state index is 4.75. The number of nitrogens with zero attached hydrogens (tertiary/aromatic N) is 6. The van der Waals surface area contributed by atoms with Crippen LogP contribution >= 0.6 is 0 Å². The normalized spacial score (nSPS) is 20.4. The first kappa shape index (κ1) is 12.1. The van der Waals surface area contributed by atoms with E-state index in [4.69, 9.17) is 5.10 Å². The van der Waals surface area contributed by atoms with Crippen molar-refractivity contribution in [2.75, 3.05) is 32.1 Å². The molecule has 2 fully saturated rings. The van der Waals surface area contributed by atoms with Crippen LogP contribution < -0.4 is 4.90 Å². The second kappa shape index (κ2) is 4.41. The molecule has 3 heterocycles. The summed E-state index contributed by atoms with van der Waals surface area (Å²) >= 11 is 0. The van der Waals surface area contributed by atoms with Crippen molar-refractivity contribution < 1.29 is 0 Å². The highest BCUT2D eigenvalue weighted by Gasteiger charge is 2.30. The van der Waals surface area contributed by atoms with Gasteiger partial charge < -0.3 is 9.80 Å². The Morgan fingerprint density at radius 2 is 1.95 bits per heavy atom. The SMILES string of the molecule is CN(C)C1CN(c2ccc3nnc(C4CCC4)n3n2)C1. The van der Waals surface area contributed by atoms with Crippen LogP contribution in [0.2, 0.25) is 0 Å². The molecule has 0 spiro atoms. The summed E-state index contributed by atoms with van der Waals surface area (Å²) in [6.07, 6.45) is 3.74. The summed E-state index contributed by atoms with van der Waals surface area (Å²) in [6, 6.07) is 4.72. The molecule has 6 heteroatoms. The summed E-state index contributed by atoms with van der Waals surface area (Å²) in [5.74, 6) is 2.63. The number of aromatic nitrogens is 4. The van der Waals surface area contributed by atoms with Crippen molar-refractivity contribution in [2.24, 2.45) is 0 Å². The van der Waals surface area contributed by atoms with Gasteiger partial charge in [0.25, 0.3) is 0 Å². The van der Waals surface area contributed by atoms with Crippen molar-refractivity contribution in [3.8, 4) is 0 Å². The van der Waals surface area contributed by atoms with Gasteiger partial charge in [-0.05, 0) is 39.1 Å². The van der Waals surface area contributed by atoms with E-state index in [9.17, 15) is 0 Å². The molecule has 0 atom stereocenters. The fourth-order valence-electron chi connectivity index (χ4n) is 2.85. The second-order valence-electron chi connectivity index (χ2n) is 6.17. The average molecular weight is 272 g/mol. The molecule has 20 heavy (non-hydrogen) atoms. The lowest BCUT2D eigenvalue weighted by atomic mass is 9.85. The Morgan fingerprint density at radius 3 is 2.60 bits per heavy atom. The molecule has 1 saturated carbocycles. The van der Waals surface area contributed by atoms with Gasteiger partial charge in [-0.15, -0.1) is 15.3 Å². The first-order chi connectivity index (χ1) is 9.72. The third kappa shape index (κ3) is 1.78. The van der Waals surface area contributed by atoms with E-state index in [1.807, 2.05) is 10.6 Å². The van der Waals surface area contributed by atoms with Crippen LogP contribution in [0.15, 0.2) is 12.1 Å². The molecule has 2 aromatic heterocycles. The molecular formula is C14H20N6. The minimum atomic E-state index is 0.554. The lowest BCUT2D eigenvalue weighted by Gasteiger charge is -2.43. The zero-order valence-electron chi connectivity index (χ0n) is 12.0. The van der Waals surface area contributed by atoms with Crippen LogP contribution in [0.25, 0.3) is 5.65 Å². The smallest absolute Gasteiger partial charge is 0.178 e. The number of likely N-dealkylation sites (N-methyl/N-ethyl adjacent to an activating group) is 1. The van der Waals surface area contributed by atoms with Crippen LogP contribution in [-0.4, -0.2) is 57.9 Å². The van der Waals surface area contributed by atoms with Crippen LogP contribution in [-0.2, 0) is 0 Å². The van der Waals surface area contributed by atoms with Crippen molar-refractivity contribution in [1.29, 1.82) is 0 Å². The zero-order valence-corrected chi connectivity index (χ0v) is 12.0. The van der Waals surface area contributed by atoms with Crippen LogP contribution in [0.5, 0.6) is 0 Å². The fourth-order valence-corrected chi connectivity index (χ4v) is 2.85. The first-order valence-corrected chi connectivity index (χ1v) is 7.36. The zero-order chi connectivity index (χ0) is 13.7. The Morgan fingerprint density at radius 1 is 1.15 bits per heavy atom. The molecule has 6 nitrogen and oxygen atoms in total.